The average Bonchev–Trinajstić information content (AvgIpc) is 1.67. The Morgan fingerprint density at radius 1 is 1.62 bits per heavy atom. The highest BCUT2D eigenvalue weighted by molar-refractivity contribution is 6.34. The van der Waals surface area contributed by atoms with E-state index in [4.69, 9.17) is 0 Å². The molecule has 0 radical (unpaired) electrons. The predicted molar refractivity (Wildman–Crippen MR) is 27.9 cm³/mol. The van der Waals surface area contributed by atoms with Gasteiger partial charge in [0.25, 0.3) is 0 Å². The fourth-order valence-corrected chi connectivity index (χ4v) is 0.248. The van der Waals surface area contributed by atoms with Crippen LogP contribution in [0.5, 0.6) is 0 Å². The Labute approximate surface area is 47.0 Å². The maximum absolute atomic E-state index is 10.2. The lowest BCUT2D eigenvalue weighted by atomic mass is 10.5. The van der Waals surface area contributed by atoms with Crippen LogP contribution in [0, 0.1) is 0 Å². The third kappa shape index (κ3) is 2.17. The molecule has 0 aromatic heterocycles. The standard InChI is InChI=1S/C4H8N2O2/c1-2-6-4(8)3(5)7/h2H2,1H3,(H2,5,7)(H,6,8). The molecule has 0 saturated heterocycles. The van der Waals surface area contributed by atoms with E-state index >= 15 is 0 Å². The lowest BCUT2D eigenvalue weighted by molar-refractivity contribution is -0.137. The Bertz CT molecular complexity index is 111. The molecule has 46 valence electrons. The van der Waals surface area contributed by atoms with Gasteiger partial charge in [0.15, 0.2) is 0 Å². The highest BCUT2D eigenvalue weighted by Gasteiger charge is 2.03. The van der Waals surface area contributed by atoms with E-state index in [9.17, 15) is 9.59 Å². The number of nitrogens with two attached hydrogens (primary N) is 1. The molecule has 0 fully saturated rings. The van der Waals surface area contributed by atoms with Crippen LogP contribution >= 0.6 is 0 Å². The lowest BCUT2D eigenvalue weighted by Gasteiger charge is -1.92. The zero-order valence-corrected chi connectivity index (χ0v) is 4.60. The number of likely N-dealkylation sites (N-methyl/N-ethyl adjacent to an activating group) is 1. The molecule has 0 aliphatic heterocycles. The Hall–Kier alpha value is -1.06. The first kappa shape index (κ1) is 6.94. The second-order valence-corrected chi connectivity index (χ2v) is 1.22. The largest absolute Gasteiger partial charge is 0.361 e. The van der Waals surface area contributed by atoms with Crippen LogP contribution in [0.15, 0.2) is 0 Å². The smallest absolute Gasteiger partial charge is 0.309 e. The summed E-state index contributed by atoms with van der Waals surface area (Å²) in [5.41, 5.74) is 4.57. The van der Waals surface area contributed by atoms with E-state index in [1.54, 1.807) is 6.92 Å². The van der Waals surface area contributed by atoms with Gasteiger partial charge in [-0.15, -0.1) is 0 Å². The summed E-state index contributed by atoms with van der Waals surface area (Å²) in [7, 11) is 0. The Kier molecular flexibility index (Phi) is 2.61. The molecule has 0 aromatic rings. The number of carbonyl (C=O) groups excluding carboxylic acids is 2. The van der Waals surface area contributed by atoms with Gasteiger partial charge in [-0.1, -0.05) is 0 Å². The molecule has 3 N–H and O–H groups in total. The van der Waals surface area contributed by atoms with Crippen molar-refractivity contribution in [2.24, 2.45) is 5.73 Å². The summed E-state index contributed by atoms with van der Waals surface area (Å²) in [4.78, 5) is 20.1. The van der Waals surface area contributed by atoms with Gasteiger partial charge < -0.3 is 11.1 Å². The summed E-state index contributed by atoms with van der Waals surface area (Å²) >= 11 is 0. The summed E-state index contributed by atoms with van der Waals surface area (Å²) in [6.07, 6.45) is 0. The minimum Gasteiger partial charge on any atom is -0.361 e. The Balaban J connectivity index is 3.49. The molecular weight excluding hydrogens is 108 g/mol. The molecule has 0 heterocycles. The van der Waals surface area contributed by atoms with E-state index in [1.807, 2.05) is 0 Å². The summed E-state index contributed by atoms with van der Waals surface area (Å²) in [5, 5.41) is 2.23. The molecule has 0 aliphatic carbocycles. The molecule has 4 nitrogen and oxygen atoms in total. The second-order valence-electron chi connectivity index (χ2n) is 1.22. The normalized spacial score (nSPS) is 8.12. The molecule has 8 heavy (non-hydrogen) atoms. The van der Waals surface area contributed by atoms with Crippen molar-refractivity contribution in [3.63, 3.8) is 0 Å². The van der Waals surface area contributed by atoms with E-state index in [0.717, 1.165) is 0 Å². The predicted octanol–water partition coefficient (Wildman–Crippen LogP) is -1.39. The fourth-order valence-electron chi connectivity index (χ4n) is 0.248. The van der Waals surface area contributed by atoms with Gasteiger partial charge >= 0.3 is 11.8 Å². The van der Waals surface area contributed by atoms with E-state index in [1.165, 1.54) is 0 Å². The third-order valence-corrected chi connectivity index (χ3v) is 0.561. The quantitative estimate of drug-likeness (QED) is 0.414. The van der Waals surface area contributed by atoms with Crippen molar-refractivity contribution in [3.05, 3.63) is 0 Å². The molecule has 0 aromatic carbocycles. The van der Waals surface area contributed by atoms with Crippen molar-refractivity contribution in [2.45, 2.75) is 6.92 Å². The van der Waals surface area contributed by atoms with Crippen LogP contribution in [0.3, 0.4) is 0 Å². The van der Waals surface area contributed by atoms with E-state index in [-0.39, 0.29) is 0 Å². The SMILES string of the molecule is CCNC(=O)C(N)=O. The van der Waals surface area contributed by atoms with Crippen molar-refractivity contribution < 1.29 is 9.59 Å². The number of primary amides is 1. The summed E-state index contributed by atoms with van der Waals surface area (Å²) in [6.45, 7) is 2.14. The molecule has 4 heteroatoms. The number of hydrogen-bond acceptors (Lipinski definition) is 2. The van der Waals surface area contributed by atoms with Crippen molar-refractivity contribution in [2.75, 3.05) is 6.54 Å². The monoisotopic (exact) mass is 116 g/mol. The molecule has 0 unspecified atom stereocenters. The highest BCUT2D eigenvalue weighted by atomic mass is 16.2. The van der Waals surface area contributed by atoms with Crippen LogP contribution in [0.25, 0.3) is 0 Å². The van der Waals surface area contributed by atoms with E-state index in [0.29, 0.717) is 6.54 Å². The van der Waals surface area contributed by atoms with Gasteiger partial charge in [-0.25, -0.2) is 0 Å². The molecule has 2 amide bonds. The maximum atomic E-state index is 10.2. The lowest BCUT2D eigenvalue weighted by Crippen LogP contribution is -2.35. The molecule has 0 spiro atoms. The highest BCUT2D eigenvalue weighted by Crippen LogP contribution is 1.59. The first-order chi connectivity index (χ1) is 3.68. The minimum atomic E-state index is -0.938. The maximum Gasteiger partial charge on any atom is 0.309 e. The molecular formula is C4H8N2O2. The zero-order valence-electron chi connectivity index (χ0n) is 4.60. The fraction of sp³-hybridized carbons (Fsp3) is 0.500. The van der Waals surface area contributed by atoms with Crippen molar-refractivity contribution in [1.29, 1.82) is 0 Å². The van der Waals surface area contributed by atoms with Gasteiger partial charge in [0.1, 0.15) is 0 Å². The Morgan fingerprint density at radius 2 is 2.12 bits per heavy atom. The topological polar surface area (TPSA) is 72.2 Å². The van der Waals surface area contributed by atoms with Gasteiger partial charge in [0, 0.05) is 6.54 Å². The number of carbonyl (C=O) groups is 2. The van der Waals surface area contributed by atoms with Gasteiger partial charge in [0.2, 0.25) is 0 Å². The zero-order chi connectivity index (χ0) is 6.57. The van der Waals surface area contributed by atoms with E-state index in [2.05, 4.69) is 11.1 Å². The van der Waals surface area contributed by atoms with Crippen LogP contribution in [0.2, 0.25) is 0 Å². The van der Waals surface area contributed by atoms with Gasteiger partial charge in [-0.2, -0.15) is 0 Å². The van der Waals surface area contributed by atoms with Gasteiger partial charge in [-0.3, -0.25) is 9.59 Å². The van der Waals surface area contributed by atoms with Crippen LogP contribution in [-0.4, -0.2) is 18.4 Å². The number of hydrogen-bond donors (Lipinski definition) is 2. The molecule has 0 atom stereocenters. The Morgan fingerprint density at radius 3 is 2.25 bits per heavy atom. The second kappa shape index (κ2) is 3.01. The third-order valence-electron chi connectivity index (χ3n) is 0.561. The molecule has 0 rings (SSSR count). The van der Waals surface area contributed by atoms with Gasteiger partial charge in [0.05, 0.1) is 0 Å². The summed E-state index contributed by atoms with van der Waals surface area (Å²) in [5.74, 6) is -1.67. The number of amides is 2. The number of nitrogens with one attached hydrogen (secondary N) is 1. The van der Waals surface area contributed by atoms with Gasteiger partial charge in [-0.05, 0) is 6.92 Å². The van der Waals surface area contributed by atoms with Crippen molar-refractivity contribution >= 4 is 11.8 Å². The van der Waals surface area contributed by atoms with Crippen molar-refractivity contribution in [1.82, 2.24) is 5.32 Å². The van der Waals surface area contributed by atoms with E-state index < -0.39 is 11.8 Å². The molecule has 0 aliphatic rings. The summed E-state index contributed by atoms with van der Waals surface area (Å²) < 4.78 is 0. The molecule has 0 bridgehead atoms. The van der Waals surface area contributed by atoms with Crippen LogP contribution in [0.4, 0.5) is 0 Å². The van der Waals surface area contributed by atoms with Crippen LogP contribution < -0.4 is 11.1 Å². The summed E-state index contributed by atoms with van der Waals surface area (Å²) in [6, 6.07) is 0. The van der Waals surface area contributed by atoms with Crippen LogP contribution in [0.1, 0.15) is 6.92 Å². The van der Waals surface area contributed by atoms with Crippen molar-refractivity contribution in [3.8, 4) is 0 Å². The number of rotatable bonds is 1. The first-order valence-corrected chi connectivity index (χ1v) is 2.26. The molecule has 0 saturated carbocycles. The first-order valence-electron chi connectivity index (χ1n) is 2.26. The van der Waals surface area contributed by atoms with Crippen LogP contribution in [-0.2, 0) is 9.59 Å². The average molecular weight is 116 g/mol. The minimum absolute atomic E-state index is 0.432.